The summed E-state index contributed by atoms with van der Waals surface area (Å²) in [5, 5.41) is -0.0110. The van der Waals surface area contributed by atoms with Crippen molar-refractivity contribution >= 4 is 28.5 Å². The number of hydrogen-bond acceptors (Lipinski definition) is 4. The van der Waals surface area contributed by atoms with Gasteiger partial charge in [0.05, 0.1) is 6.54 Å². The Bertz CT molecular complexity index is 1490. The zero-order valence-corrected chi connectivity index (χ0v) is 17.1. The predicted molar refractivity (Wildman–Crippen MR) is 114 cm³/mol. The lowest BCUT2D eigenvalue weighted by molar-refractivity contribution is 0.0973. The number of aromatic nitrogens is 4. The van der Waals surface area contributed by atoms with Crippen LogP contribution in [0.5, 0.6) is 0 Å². The van der Waals surface area contributed by atoms with Crippen LogP contribution in [0.15, 0.2) is 52.1 Å². The molecule has 0 amide bonds. The Kier molecular flexibility index (Phi) is 4.04. The predicted octanol–water partition coefficient (Wildman–Crippen LogP) is 2.54. The molecule has 8 heteroatoms. The standard InChI is InChI=1S/C22H17ClN4O3/c1-25-19-18(20(29)26(2)22(25)30)27(21(23)24-19)11-17(28)14-8-7-13-9-12-5-3-4-6-15(12)16(13)10-14/h3-8,10H,9,11H2,1-2H3. The maximum Gasteiger partial charge on any atom is 0.332 e. The second-order valence-corrected chi connectivity index (χ2v) is 7.81. The van der Waals surface area contributed by atoms with Gasteiger partial charge >= 0.3 is 5.69 Å². The zero-order chi connectivity index (χ0) is 21.2. The molecule has 2 aromatic heterocycles. The fourth-order valence-corrected chi connectivity index (χ4v) is 4.32. The first-order valence-electron chi connectivity index (χ1n) is 9.43. The second kappa shape index (κ2) is 6.53. The zero-order valence-electron chi connectivity index (χ0n) is 16.3. The Morgan fingerprint density at radius 2 is 1.77 bits per heavy atom. The van der Waals surface area contributed by atoms with Gasteiger partial charge in [0.2, 0.25) is 5.28 Å². The van der Waals surface area contributed by atoms with Crippen LogP contribution in [-0.4, -0.2) is 24.5 Å². The van der Waals surface area contributed by atoms with Gasteiger partial charge in [0.15, 0.2) is 16.9 Å². The maximum atomic E-state index is 13.1. The molecule has 2 aromatic carbocycles. The number of fused-ring (bicyclic) bond motifs is 4. The summed E-state index contributed by atoms with van der Waals surface area (Å²) in [5.41, 5.74) is 4.39. The van der Waals surface area contributed by atoms with E-state index in [-0.39, 0.29) is 28.8 Å². The summed E-state index contributed by atoms with van der Waals surface area (Å²) in [7, 11) is 2.90. The molecule has 1 aliphatic rings. The molecule has 0 bridgehead atoms. The molecule has 0 unspecified atom stereocenters. The number of rotatable bonds is 3. The van der Waals surface area contributed by atoms with Gasteiger partial charge in [-0.25, -0.2) is 4.79 Å². The molecule has 4 aromatic rings. The fourth-order valence-electron chi connectivity index (χ4n) is 4.10. The number of imidazole rings is 1. The summed E-state index contributed by atoms with van der Waals surface area (Å²) in [6.07, 6.45) is 0.849. The number of benzene rings is 2. The minimum absolute atomic E-state index is 0.0110. The number of ketones is 1. The molecule has 150 valence electrons. The first-order chi connectivity index (χ1) is 14.4. The van der Waals surface area contributed by atoms with Gasteiger partial charge in [0.25, 0.3) is 5.56 Å². The van der Waals surface area contributed by atoms with E-state index in [4.69, 9.17) is 11.6 Å². The van der Waals surface area contributed by atoms with Crippen molar-refractivity contribution in [2.24, 2.45) is 14.1 Å². The number of carbonyl (C=O) groups excluding carboxylic acids is 1. The van der Waals surface area contributed by atoms with Crippen LogP contribution >= 0.6 is 11.6 Å². The third-order valence-electron chi connectivity index (χ3n) is 5.72. The topological polar surface area (TPSA) is 78.9 Å². The highest BCUT2D eigenvalue weighted by atomic mass is 35.5. The monoisotopic (exact) mass is 420 g/mol. The Labute approximate surface area is 175 Å². The normalized spacial score (nSPS) is 12.2. The number of aryl methyl sites for hydroxylation is 1. The molecule has 0 atom stereocenters. The van der Waals surface area contributed by atoms with Gasteiger partial charge < -0.3 is 4.57 Å². The third-order valence-corrected chi connectivity index (χ3v) is 6.01. The summed E-state index contributed by atoms with van der Waals surface area (Å²) in [4.78, 5) is 42.0. The molecule has 30 heavy (non-hydrogen) atoms. The average molecular weight is 421 g/mol. The first kappa shape index (κ1) is 18.6. The van der Waals surface area contributed by atoms with E-state index < -0.39 is 11.2 Å². The summed E-state index contributed by atoms with van der Waals surface area (Å²) in [5.74, 6) is -0.195. The summed E-state index contributed by atoms with van der Waals surface area (Å²) >= 11 is 6.24. The van der Waals surface area contributed by atoms with Crippen molar-refractivity contribution in [2.75, 3.05) is 0 Å². The fraction of sp³-hybridized carbons (Fsp3) is 0.182. The van der Waals surface area contributed by atoms with Crippen molar-refractivity contribution in [2.45, 2.75) is 13.0 Å². The lowest BCUT2D eigenvalue weighted by Crippen LogP contribution is -2.37. The number of Topliss-reactive ketones (excluding diaryl/α,β-unsaturated/α-hetero) is 1. The van der Waals surface area contributed by atoms with E-state index in [1.807, 2.05) is 24.3 Å². The summed E-state index contributed by atoms with van der Waals surface area (Å²) < 4.78 is 3.59. The maximum absolute atomic E-state index is 13.1. The van der Waals surface area contributed by atoms with E-state index in [2.05, 4.69) is 17.1 Å². The highest BCUT2D eigenvalue weighted by molar-refractivity contribution is 6.29. The molecule has 5 rings (SSSR count). The second-order valence-electron chi connectivity index (χ2n) is 7.47. The Hall–Kier alpha value is -3.45. The number of carbonyl (C=O) groups is 1. The van der Waals surface area contributed by atoms with Gasteiger partial charge in [-0.3, -0.25) is 18.7 Å². The third kappa shape index (κ3) is 2.59. The van der Waals surface area contributed by atoms with Crippen LogP contribution in [0.1, 0.15) is 21.5 Å². The van der Waals surface area contributed by atoms with E-state index in [9.17, 15) is 14.4 Å². The molecule has 0 N–H and O–H groups in total. The molecule has 0 aliphatic heterocycles. The number of hydrogen-bond donors (Lipinski definition) is 0. The van der Waals surface area contributed by atoms with Crippen LogP contribution in [0.3, 0.4) is 0 Å². The Morgan fingerprint density at radius 1 is 1.03 bits per heavy atom. The Balaban J connectivity index is 1.58. The van der Waals surface area contributed by atoms with E-state index in [1.165, 1.54) is 34.4 Å². The summed E-state index contributed by atoms with van der Waals surface area (Å²) in [6, 6.07) is 13.8. The molecular weight excluding hydrogens is 404 g/mol. The lowest BCUT2D eigenvalue weighted by atomic mass is 10.0. The molecule has 1 aliphatic carbocycles. The quantitative estimate of drug-likeness (QED) is 0.332. The van der Waals surface area contributed by atoms with Gasteiger partial charge in [-0.05, 0) is 46.3 Å². The van der Waals surface area contributed by atoms with Crippen molar-refractivity contribution in [1.29, 1.82) is 0 Å². The average Bonchev–Trinajstić information content (AvgIpc) is 3.28. The van der Waals surface area contributed by atoms with Gasteiger partial charge in [-0.2, -0.15) is 4.98 Å². The van der Waals surface area contributed by atoms with Crippen molar-refractivity contribution < 1.29 is 4.79 Å². The van der Waals surface area contributed by atoms with Gasteiger partial charge in [0, 0.05) is 19.7 Å². The minimum Gasteiger partial charge on any atom is -0.301 e. The van der Waals surface area contributed by atoms with Crippen LogP contribution in [0.25, 0.3) is 22.3 Å². The first-order valence-corrected chi connectivity index (χ1v) is 9.80. The molecule has 0 saturated heterocycles. The number of halogens is 1. The van der Waals surface area contributed by atoms with Crippen LogP contribution < -0.4 is 11.2 Å². The largest absolute Gasteiger partial charge is 0.332 e. The molecule has 2 heterocycles. The lowest BCUT2D eigenvalue weighted by Gasteiger charge is -2.08. The van der Waals surface area contributed by atoms with Crippen LogP contribution in [-0.2, 0) is 27.1 Å². The van der Waals surface area contributed by atoms with E-state index in [1.54, 1.807) is 6.07 Å². The van der Waals surface area contributed by atoms with Gasteiger partial charge in [0.1, 0.15) is 0 Å². The van der Waals surface area contributed by atoms with Crippen molar-refractivity contribution in [3.05, 3.63) is 85.3 Å². The van der Waals surface area contributed by atoms with Gasteiger partial charge in [-0.1, -0.05) is 36.4 Å². The molecule has 0 saturated carbocycles. The van der Waals surface area contributed by atoms with Crippen molar-refractivity contribution in [1.82, 2.24) is 18.7 Å². The smallest absolute Gasteiger partial charge is 0.301 e. The minimum atomic E-state index is -0.539. The van der Waals surface area contributed by atoms with Crippen LogP contribution in [0.2, 0.25) is 5.28 Å². The molecule has 7 nitrogen and oxygen atoms in total. The molecule has 0 radical (unpaired) electrons. The molecule has 0 spiro atoms. The number of nitrogens with zero attached hydrogens (tertiary/aromatic N) is 4. The molecular formula is C22H17ClN4O3. The van der Waals surface area contributed by atoms with Gasteiger partial charge in [-0.15, -0.1) is 0 Å². The highest BCUT2D eigenvalue weighted by Gasteiger charge is 2.22. The van der Waals surface area contributed by atoms with Crippen molar-refractivity contribution in [3.63, 3.8) is 0 Å². The molecule has 0 fully saturated rings. The SMILES string of the molecule is Cn1c(=O)c2c(nc(Cl)n2CC(=O)c2ccc3c(c2)-c2ccccc2C3)n(C)c1=O. The van der Waals surface area contributed by atoms with Crippen LogP contribution in [0, 0.1) is 0 Å². The van der Waals surface area contributed by atoms with Crippen molar-refractivity contribution in [3.8, 4) is 11.1 Å². The van der Waals surface area contributed by atoms with E-state index in [0.29, 0.717) is 5.56 Å². The summed E-state index contributed by atoms with van der Waals surface area (Å²) in [6.45, 7) is -0.150. The van der Waals surface area contributed by atoms with Crippen LogP contribution in [0.4, 0.5) is 0 Å². The highest BCUT2D eigenvalue weighted by Crippen LogP contribution is 2.37. The Morgan fingerprint density at radius 3 is 2.57 bits per heavy atom. The van der Waals surface area contributed by atoms with E-state index in [0.717, 1.165) is 22.1 Å². The van der Waals surface area contributed by atoms with E-state index >= 15 is 0 Å².